The zero-order valence-electron chi connectivity index (χ0n) is 18.8. The molecular formula is C23H26F3N3O3S. The lowest BCUT2D eigenvalue weighted by molar-refractivity contribution is -0.106. The smallest absolute Gasteiger partial charge is 0.404 e. The van der Waals surface area contributed by atoms with Crippen LogP contribution in [0.4, 0.5) is 13.2 Å². The van der Waals surface area contributed by atoms with E-state index >= 15 is 0 Å². The van der Waals surface area contributed by atoms with Crippen LogP contribution in [-0.2, 0) is 22.1 Å². The normalized spacial score (nSPS) is 12.7. The fourth-order valence-corrected chi connectivity index (χ4v) is 4.74. The first kappa shape index (κ1) is 24.8. The zero-order chi connectivity index (χ0) is 24.4. The van der Waals surface area contributed by atoms with Gasteiger partial charge in [0.2, 0.25) is 15.9 Å². The van der Waals surface area contributed by atoms with E-state index in [-0.39, 0.29) is 0 Å². The number of ether oxygens (including phenoxy) is 1. The monoisotopic (exact) mass is 481 g/mol. The molecule has 0 aliphatic carbocycles. The number of alkyl halides is 3. The molecule has 0 bridgehead atoms. The van der Waals surface area contributed by atoms with Gasteiger partial charge in [0.1, 0.15) is 5.75 Å². The van der Waals surface area contributed by atoms with Crippen LogP contribution in [0.2, 0.25) is 0 Å². The highest BCUT2D eigenvalue weighted by Crippen LogP contribution is 2.31. The Bertz CT molecular complexity index is 1220. The van der Waals surface area contributed by atoms with E-state index < -0.39 is 27.5 Å². The van der Waals surface area contributed by atoms with Gasteiger partial charge in [-0.25, -0.2) is 17.8 Å². The Labute approximate surface area is 191 Å². The summed E-state index contributed by atoms with van der Waals surface area (Å²) < 4.78 is 71.7. The summed E-state index contributed by atoms with van der Waals surface area (Å²) in [7, 11) is -4.58. The Morgan fingerprint density at radius 3 is 2.33 bits per heavy atom. The minimum atomic E-state index is -4.83. The van der Waals surface area contributed by atoms with Gasteiger partial charge < -0.3 is 4.74 Å². The molecule has 0 saturated heterocycles. The number of sulfonamides is 1. The minimum Gasteiger partial charge on any atom is -0.439 e. The summed E-state index contributed by atoms with van der Waals surface area (Å²) in [5.41, 5.74) is 1.61. The van der Waals surface area contributed by atoms with Crippen molar-refractivity contribution in [3.8, 4) is 22.9 Å². The number of rotatable bonds is 8. The molecule has 0 radical (unpaired) electrons. The first-order valence-corrected chi connectivity index (χ1v) is 11.9. The number of nitrogens with one attached hydrogen (secondary N) is 1. The number of aryl methyl sites for hydroxylation is 2. The molecule has 0 atom stereocenters. The summed E-state index contributed by atoms with van der Waals surface area (Å²) in [5, 5.41) is 4.56. The number of benzene rings is 2. The number of aromatic nitrogens is 2. The maximum Gasteiger partial charge on any atom is 0.404 e. The molecule has 0 spiro atoms. The van der Waals surface area contributed by atoms with Crippen LogP contribution in [0.3, 0.4) is 0 Å². The number of hydrogen-bond acceptors (Lipinski definition) is 4. The zero-order valence-corrected chi connectivity index (χ0v) is 19.6. The van der Waals surface area contributed by atoms with Gasteiger partial charge in [0.15, 0.2) is 5.75 Å². The van der Waals surface area contributed by atoms with Crippen LogP contribution >= 0.6 is 0 Å². The highest BCUT2D eigenvalue weighted by molar-refractivity contribution is 7.89. The SMILES string of the molecule is CCn1nc(-c2cccc(C(C)(C)NS(=O)(=O)CC(F)(F)F)c2)cc1Oc1ccc(C)cc1. The predicted octanol–water partition coefficient (Wildman–Crippen LogP) is 5.39. The van der Waals surface area contributed by atoms with Gasteiger partial charge in [0.25, 0.3) is 0 Å². The molecule has 3 aromatic rings. The lowest BCUT2D eigenvalue weighted by Gasteiger charge is -2.27. The Kier molecular flexibility index (Phi) is 6.90. The van der Waals surface area contributed by atoms with E-state index in [2.05, 4.69) is 9.82 Å². The molecule has 10 heteroatoms. The first-order valence-electron chi connectivity index (χ1n) is 10.3. The fourth-order valence-electron chi connectivity index (χ4n) is 3.34. The summed E-state index contributed by atoms with van der Waals surface area (Å²) in [4.78, 5) is 0. The van der Waals surface area contributed by atoms with Gasteiger partial charge in [-0.05, 0) is 51.5 Å². The average molecular weight is 482 g/mol. The molecule has 0 amide bonds. The van der Waals surface area contributed by atoms with E-state index in [0.29, 0.717) is 35.0 Å². The summed E-state index contributed by atoms with van der Waals surface area (Å²) in [5.74, 6) is -0.744. The van der Waals surface area contributed by atoms with Crippen molar-refractivity contribution in [2.75, 3.05) is 5.75 Å². The van der Waals surface area contributed by atoms with Crippen molar-refractivity contribution < 1.29 is 26.3 Å². The van der Waals surface area contributed by atoms with Gasteiger partial charge >= 0.3 is 6.18 Å². The third-order valence-corrected chi connectivity index (χ3v) is 6.46. The standard InChI is InChI=1S/C23H26F3N3O3S/c1-5-29-21(32-19-11-9-16(2)10-12-19)14-20(27-29)17-7-6-8-18(13-17)22(3,4)28-33(30,31)15-23(24,25)26/h6-14,28H,5,15H2,1-4H3. The van der Waals surface area contributed by atoms with Crippen molar-refractivity contribution in [3.63, 3.8) is 0 Å². The van der Waals surface area contributed by atoms with Crippen LogP contribution in [0, 0.1) is 6.92 Å². The lowest BCUT2D eigenvalue weighted by Crippen LogP contribution is -2.44. The second kappa shape index (κ2) is 9.18. The van der Waals surface area contributed by atoms with Gasteiger partial charge in [-0.3, -0.25) is 0 Å². The van der Waals surface area contributed by atoms with Crippen molar-refractivity contribution in [2.24, 2.45) is 0 Å². The largest absolute Gasteiger partial charge is 0.439 e. The molecule has 33 heavy (non-hydrogen) atoms. The molecular weight excluding hydrogens is 455 g/mol. The van der Waals surface area contributed by atoms with Crippen molar-refractivity contribution in [1.29, 1.82) is 0 Å². The van der Waals surface area contributed by atoms with Crippen LogP contribution in [0.15, 0.2) is 54.6 Å². The van der Waals surface area contributed by atoms with E-state index in [0.717, 1.165) is 5.56 Å². The quantitative estimate of drug-likeness (QED) is 0.468. The Morgan fingerprint density at radius 2 is 1.73 bits per heavy atom. The van der Waals surface area contributed by atoms with E-state index in [4.69, 9.17) is 4.74 Å². The van der Waals surface area contributed by atoms with Crippen molar-refractivity contribution in [3.05, 3.63) is 65.7 Å². The predicted molar refractivity (Wildman–Crippen MR) is 121 cm³/mol. The lowest BCUT2D eigenvalue weighted by atomic mass is 9.93. The molecule has 0 fully saturated rings. The first-order chi connectivity index (χ1) is 15.3. The maximum absolute atomic E-state index is 12.6. The molecule has 0 unspecified atom stereocenters. The molecule has 2 aromatic carbocycles. The topological polar surface area (TPSA) is 73.2 Å². The fraction of sp³-hybridized carbons (Fsp3) is 0.348. The third kappa shape index (κ3) is 6.58. The van der Waals surface area contributed by atoms with E-state index in [1.165, 1.54) is 13.8 Å². The molecule has 0 aliphatic heterocycles. The Morgan fingerprint density at radius 1 is 1.06 bits per heavy atom. The van der Waals surface area contributed by atoms with E-state index in [1.807, 2.05) is 38.1 Å². The molecule has 3 rings (SSSR count). The molecule has 1 N–H and O–H groups in total. The van der Waals surface area contributed by atoms with Gasteiger partial charge in [-0.2, -0.15) is 18.3 Å². The highest BCUT2D eigenvalue weighted by atomic mass is 32.2. The van der Waals surface area contributed by atoms with Gasteiger partial charge in [-0.15, -0.1) is 0 Å². The number of halogens is 3. The van der Waals surface area contributed by atoms with Crippen molar-refractivity contribution >= 4 is 10.0 Å². The van der Waals surface area contributed by atoms with Crippen LogP contribution in [0.5, 0.6) is 11.6 Å². The molecule has 1 heterocycles. The molecule has 6 nitrogen and oxygen atoms in total. The molecule has 178 valence electrons. The highest BCUT2D eigenvalue weighted by Gasteiger charge is 2.38. The Balaban J connectivity index is 1.88. The van der Waals surface area contributed by atoms with E-state index in [1.54, 1.807) is 35.0 Å². The summed E-state index contributed by atoms with van der Waals surface area (Å²) in [6.07, 6.45) is -4.83. The maximum atomic E-state index is 12.6. The Hall–Kier alpha value is -2.85. The van der Waals surface area contributed by atoms with Gasteiger partial charge in [-0.1, -0.05) is 35.9 Å². The van der Waals surface area contributed by atoms with Crippen LogP contribution < -0.4 is 9.46 Å². The van der Waals surface area contributed by atoms with Gasteiger partial charge in [0, 0.05) is 18.2 Å². The molecule has 0 aliphatic rings. The third-order valence-electron chi connectivity index (χ3n) is 4.93. The van der Waals surface area contributed by atoms with Crippen molar-refractivity contribution in [1.82, 2.24) is 14.5 Å². The molecule has 1 aromatic heterocycles. The summed E-state index contributed by atoms with van der Waals surface area (Å²) >= 11 is 0. The van der Waals surface area contributed by atoms with Crippen LogP contribution in [0.25, 0.3) is 11.3 Å². The molecule has 0 saturated carbocycles. The van der Waals surface area contributed by atoms with Crippen molar-refractivity contribution in [2.45, 2.75) is 46.0 Å². The average Bonchev–Trinajstić information content (AvgIpc) is 3.10. The number of hydrogen-bond donors (Lipinski definition) is 1. The summed E-state index contributed by atoms with van der Waals surface area (Å²) in [6.45, 7) is 7.49. The second-order valence-electron chi connectivity index (χ2n) is 8.28. The van der Waals surface area contributed by atoms with Gasteiger partial charge in [0.05, 0.1) is 11.2 Å². The second-order valence-corrected chi connectivity index (χ2v) is 10.0. The number of nitrogens with zero attached hydrogens (tertiary/aromatic N) is 2. The van der Waals surface area contributed by atoms with Crippen LogP contribution in [0.1, 0.15) is 31.9 Å². The van der Waals surface area contributed by atoms with E-state index in [9.17, 15) is 21.6 Å². The summed E-state index contributed by atoms with van der Waals surface area (Å²) in [6, 6.07) is 16.2. The van der Waals surface area contributed by atoms with Crippen LogP contribution in [-0.4, -0.2) is 30.1 Å². The minimum absolute atomic E-state index is 0.498.